The van der Waals surface area contributed by atoms with E-state index in [4.69, 9.17) is 40.1 Å². The quantitative estimate of drug-likeness (QED) is 0.0679. The molecule has 0 fully saturated rings. The Kier molecular flexibility index (Phi) is 21.0. The molecular weight excluding hydrogens is 1030 g/mol. The van der Waals surface area contributed by atoms with E-state index in [2.05, 4.69) is 170 Å². The number of hydrogen-bond acceptors (Lipinski definition) is 2. The third-order valence-corrected chi connectivity index (χ3v) is 17.3. The molecule has 328 valence electrons. The molecule has 0 aliphatic carbocycles. The van der Waals surface area contributed by atoms with Crippen molar-refractivity contribution in [2.75, 3.05) is 0 Å². The summed E-state index contributed by atoms with van der Waals surface area (Å²) in [4.78, 5) is -0.538. The first-order valence-corrected chi connectivity index (χ1v) is 30.8. The zero-order chi connectivity index (χ0) is 45.4. The second kappa shape index (κ2) is 27.3. The maximum atomic E-state index is 6.10. The van der Waals surface area contributed by atoms with Crippen molar-refractivity contribution in [2.45, 2.75) is 21.1 Å². The van der Waals surface area contributed by atoms with Crippen molar-refractivity contribution >= 4 is 68.8 Å². The molecular formula is C58H50Cl4IS2+. The van der Waals surface area contributed by atoms with Crippen molar-refractivity contribution in [1.29, 1.82) is 0 Å². The van der Waals surface area contributed by atoms with E-state index in [1.54, 1.807) is 0 Å². The molecule has 0 heterocycles. The third kappa shape index (κ3) is 14.5. The molecule has 0 nitrogen and oxygen atoms in total. The minimum Gasteiger partial charge on any atom is -0.136 e. The molecule has 65 heavy (non-hydrogen) atoms. The molecule has 7 heteroatoms. The molecule has 0 spiro atoms. The van der Waals surface area contributed by atoms with Crippen LogP contribution in [-0.2, 0) is 21.1 Å². The first kappa shape index (κ1) is 50.0. The minimum absolute atomic E-state index is 0.250. The molecule has 0 radical (unpaired) electrons. The van der Waals surface area contributed by atoms with E-state index in [0.29, 0.717) is 0 Å². The normalized spacial score (nSPS) is 11.0. The van der Waals surface area contributed by atoms with E-state index in [-0.39, 0.29) is 4.75 Å². The zero-order valence-corrected chi connectivity index (χ0v) is 42.5. The number of thioether (sulfide) groups is 1. The van der Waals surface area contributed by atoms with Gasteiger partial charge in [0.2, 0.25) is 0 Å². The fourth-order valence-electron chi connectivity index (χ4n) is 7.20. The maximum Gasteiger partial charge on any atom is 0.263 e. The van der Waals surface area contributed by atoms with Crippen LogP contribution in [0.3, 0.4) is 0 Å². The average molecular weight is 1080 g/mol. The molecule has 0 bridgehead atoms. The van der Waals surface area contributed by atoms with E-state index in [1.165, 1.54) is 38.8 Å². The van der Waals surface area contributed by atoms with Gasteiger partial charge in [-0.15, -0.1) is 11.8 Å². The van der Waals surface area contributed by atoms with Gasteiger partial charge < -0.3 is 0 Å². The smallest absolute Gasteiger partial charge is 0.136 e. The monoisotopic (exact) mass is 1080 g/mol. The summed E-state index contributed by atoms with van der Waals surface area (Å²) in [5.41, 5.74) is 9.94. The van der Waals surface area contributed by atoms with Gasteiger partial charge in [-0.1, -0.05) is 254 Å². The molecule has 9 rings (SSSR count). The molecule has 9 aromatic rings. The summed E-state index contributed by atoms with van der Waals surface area (Å²) in [5, 5.41) is 0. The summed E-state index contributed by atoms with van der Waals surface area (Å²) >= 11 is 6.35. The van der Waals surface area contributed by atoms with Crippen LogP contribution >= 0.6 is 68.8 Å². The van der Waals surface area contributed by atoms with Crippen molar-refractivity contribution in [3.8, 4) is 0 Å². The van der Waals surface area contributed by atoms with Crippen LogP contribution in [0.4, 0.5) is 0 Å². The van der Waals surface area contributed by atoms with Gasteiger partial charge in [0, 0.05) is 28.2 Å². The van der Waals surface area contributed by atoms with Crippen molar-refractivity contribution in [3.05, 3.63) is 321 Å². The second-order valence-electron chi connectivity index (χ2n) is 14.6. The van der Waals surface area contributed by atoms with Gasteiger partial charge in [0.05, 0.1) is 4.75 Å². The number of alkyl halides is 1. The van der Waals surface area contributed by atoms with Gasteiger partial charge in [0.15, 0.2) is 0 Å². The van der Waals surface area contributed by atoms with Gasteiger partial charge in [-0.25, -0.2) is 0 Å². The fourth-order valence-corrected chi connectivity index (χ4v) is 12.0. The van der Waals surface area contributed by atoms with Gasteiger partial charge in [0.1, 0.15) is 11.6 Å². The minimum atomic E-state index is -1.74. The Bertz CT molecular complexity index is 2420. The van der Waals surface area contributed by atoms with E-state index in [1.807, 2.05) is 115 Å². The zero-order valence-electron chi connectivity index (χ0n) is 35.6. The van der Waals surface area contributed by atoms with Crippen LogP contribution in [0.15, 0.2) is 273 Å². The van der Waals surface area contributed by atoms with E-state index in [0.717, 1.165) is 31.8 Å². The van der Waals surface area contributed by atoms with Gasteiger partial charge in [-0.3, -0.25) is 0 Å². The summed E-state index contributed by atoms with van der Waals surface area (Å²) in [5.74, 6) is 1.84. The van der Waals surface area contributed by atoms with Crippen LogP contribution in [-0.4, -0.2) is 0 Å². The maximum absolute atomic E-state index is 6.10. The number of hydrogen-bond donors (Lipinski definition) is 0. The van der Waals surface area contributed by atoms with Gasteiger partial charge >= 0.3 is 69.3 Å². The molecule has 0 aliphatic rings. The van der Waals surface area contributed by atoms with E-state index >= 15 is 0 Å². The fraction of sp³-hybridized carbons (Fsp3) is 0.0690. The SMILES string of the molecule is ClI(Cl)c1ccccc1.ClSCc1ccccc1.[ClH+]C(c1ccccc1)(c1ccccc1)c1ccccc1.c1ccc(CSC(c2ccccc2)(c2ccccc2)c2ccccc2)cc1. The van der Waals surface area contributed by atoms with Crippen LogP contribution in [0, 0.1) is 15.2 Å². The molecule has 0 N–H and O–H groups in total. The largest absolute Gasteiger partial charge is 0.263 e. The topological polar surface area (TPSA) is 0 Å². The Morgan fingerprint density at radius 3 is 0.846 bits per heavy atom. The van der Waals surface area contributed by atoms with Crippen molar-refractivity contribution in [2.24, 2.45) is 0 Å². The van der Waals surface area contributed by atoms with E-state index in [9.17, 15) is 0 Å². The summed E-state index contributed by atoms with van der Waals surface area (Å²) in [6.07, 6.45) is 0. The van der Waals surface area contributed by atoms with Crippen molar-refractivity contribution in [1.82, 2.24) is 0 Å². The molecule has 0 amide bonds. The van der Waals surface area contributed by atoms with Crippen LogP contribution in [0.25, 0.3) is 0 Å². The standard InChI is InChI=1S/C26H22S.C19H16Cl.C7H7ClS.C6H5Cl2I/c1-5-13-22(14-6-1)21-27-26(23-15-7-2-8-16-23,24-17-9-3-10-18-24)25-19-11-4-12-20-25;20-19(16-10-4-1-5-11-16,17-12-6-2-7-13-17)18-14-8-3-9-15-18;8-9-6-7-4-2-1-3-5-7;7-9(8)6-4-2-1-3-5-6/h1-20H,21H2;1-15,20H;1-5H,6H2;1-5H/q;+1;;. The number of halogens is 5. The van der Waals surface area contributed by atoms with Crippen molar-refractivity contribution in [3.63, 3.8) is 0 Å². The molecule has 0 aliphatic heterocycles. The Balaban J connectivity index is 0.000000160. The molecule has 0 atom stereocenters. The summed E-state index contributed by atoms with van der Waals surface area (Å²) in [6, 6.07) is 94.2. The summed E-state index contributed by atoms with van der Waals surface area (Å²) in [7, 11) is 18.2. The molecule has 0 saturated heterocycles. The van der Waals surface area contributed by atoms with Crippen molar-refractivity contribution < 1.29 is 11.6 Å². The number of rotatable bonds is 12. The summed E-state index contributed by atoms with van der Waals surface area (Å²) < 4.78 is 0.852. The molecule has 0 unspecified atom stereocenters. The van der Waals surface area contributed by atoms with Gasteiger partial charge in [-0.2, -0.15) is 0 Å². The van der Waals surface area contributed by atoms with Crippen LogP contribution in [0.5, 0.6) is 0 Å². The Hall–Kier alpha value is -4.43. The van der Waals surface area contributed by atoms with Crippen LogP contribution in [0.1, 0.15) is 44.5 Å². The summed E-state index contributed by atoms with van der Waals surface area (Å²) in [6.45, 7) is 0. The number of benzene rings is 9. The predicted octanol–water partition coefficient (Wildman–Crippen LogP) is 17.9. The molecule has 0 aromatic heterocycles. The second-order valence-corrected chi connectivity index (χ2v) is 24.7. The molecule has 9 aromatic carbocycles. The average Bonchev–Trinajstić information content (AvgIpc) is 3.39. The van der Waals surface area contributed by atoms with E-state index < -0.39 is 22.4 Å². The third-order valence-electron chi connectivity index (χ3n) is 10.3. The van der Waals surface area contributed by atoms with Gasteiger partial charge in [0.25, 0.3) is 4.87 Å². The Morgan fingerprint density at radius 1 is 0.338 bits per heavy atom. The predicted molar refractivity (Wildman–Crippen MR) is 292 cm³/mol. The van der Waals surface area contributed by atoms with Gasteiger partial charge in [-0.05, 0) is 38.5 Å². The van der Waals surface area contributed by atoms with Crippen LogP contribution < -0.4 is 0 Å². The molecule has 0 saturated carbocycles. The van der Waals surface area contributed by atoms with Crippen LogP contribution in [0.2, 0.25) is 0 Å². The first-order chi connectivity index (χ1) is 31.9. The first-order valence-electron chi connectivity index (χ1n) is 21.0. The Morgan fingerprint density at radius 2 is 0.585 bits per heavy atom. The Labute approximate surface area is 418 Å².